The van der Waals surface area contributed by atoms with Crippen molar-refractivity contribution in [3.63, 3.8) is 0 Å². The quantitative estimate of drug-likeness (QED) is 0.457. The molecule has 5 nitrogen and oxygen atoms in total. The summed E-state index contributed by atoms with van der Waals surface area (Å²) in [6.07, 6.45) is 1.63. The van der Waals surface area contributed by atoms with Crippen molar-refractivity contribution in [2.24, 2.45) is 0 Å². The summed E-state index contributed by atoms with van der Waals surface area (Å²) in [5.41, 5.74) is 2.27. The van der Waals surface area contributed by atoms with E-state index in [0.29, 0.717) is 0 Å². The molecule has 0 aliphatic carbocycles. The molecule has 0 fully saturated rings. The van der Waals surface area contributed by atoms with Crippen LogP contribution in [0.15, 0.2) is 53.5 Å². The Balaban J connectivity index is 1.66. The fourth-order valence-corrected chi connectivity index (χ4v) is 5.04. The van der Waals surface area contributed by atoms with Gasteiger partial charge in [-0.05, 0) is 43.2 Å². The number of hydrogen-bond donors (Lipinski definition) is 1. The van der Waals surface area contributed by atoms with Crippen molar-refractivity contribution in [3.05, 3.63) is 58.4 Å². The van der Waals surface area contributed by atoms with Gasteiger partial charge in [0.15, 0.2) is 0 Å². The number of thiophene rings is 2. The van der Waals surface area contributed by atoms with E-state index in [0.717, 1.165) is 39.5 Å². The molecule has 3 heterocycles. The molecular formula is C21H22N4OS2. The van der Waals surface area contributed by atoms with Crippen LogP contribution >= 0.6 is 22.7 Å². The zero-order chi connectivity index (χ0) is 19.5. The maximum atomic E-state index is 5.28. The van der Waals surface area contributed by atoms with E-state index in [2.05, 4.69) is 69.3 Å². The standard InChI is InChI=1S/C21H22N4OS2/c1-25(2)17(18-5-4-10-27-18)11-22-20-19-16(12-28-21(19)24-13-23-20)14-6-8-15(26-3)9-7-14/h4-10,12-13,17H,11H2,1-3H3,(H,22,23,24)/t17-/m1/s1. The Labute approximate surface area is 172 Å². The van der Waals surface area contributed by atoms with Gasteiger partial charge < -0.3 is 15.0 Å². The average Bonchev–Trinajstić information content (AvgIpc) is 3.38. The zero-order valence-corrected chi connectivity index (χ0v) is 17.7. The summed E-state index contributed by atoms with van der Waals surface area (Å²) < 4.78 is 5.28. The fraction of sp³-hybridized carbons (Fsp3) is 0.238. The lowest BCUT2D eigenvalue weighted by Gasteiger charge is -2.24. The van der Waals surface area contributed by atoms with Gasteiger partial charge in [-0.1, -0.05) is 18.2 Å². The number of hydrogen-bond acceptors (Lipinski definition) is 7. The molecule has 0 aliphatic rings. The summed E-state index contributed by atoms with van der Waals surface area (Å²) in [6.45, 7) is 0.775. The normalized spacial score (nSPS) is 12.4. The zero-order valence-electron chi connectivity index (χ0n) is 16.0. The molecule has 4 rings (SSSR count). The van der Waals surface area contributed by atoms with E-state index in [1.54, 1.807) is 36.1 Å². The number of rotatable bonds is 7. The molecule has 3 aromatic heterocycles. The maximum Gasteiger partial charge on any atom is 0.138 e. The van der Waals surface area contributed by atoms with Gasteiger partial charge in [0.1, 0.15) is 22.7 Å². The van der Waals surface area contributed by atoms with Crippen molar-refractivity contribution in [1.29, 1.82) is 0 Å². The van der Waals surface area contributed by atoms with Crippen LogP contribution in [0.4, 0.5) is 5.82 Å². The second-order valence-corrected chi connectivity index (χ2v) is 8.49. The molecule has 0 bridgehead atoms. The molecule has 1 atom stereocenters. The first kappa shape index (κ1) is 18.9. The van der Waals surface area contributed by atoms with E-state index in [1.165, 1.54) is 4.88 Å². The summed E-state index contributed by atoms with van der Waals surface area (Å²) in [7, 11) is 5.89. The molecule has 0 radical (unpaired) electrons. The molecule has 1 aromatic carbocycles. The van der Waals surface area contributed by atoms with Crippen LogP contribution in [0.25, 0.3) is 21.3 Å². The highest BCUT2D eigenvalue weighted by atomic mass is 32.1. The lowest BCUT2D eigenvalue weighted by atomic mass is 10.1. The summed E-state index contributed by atoms with van der Waals surface area (Å²) >= 11 is 3.42. The monoisotopic (exact) mass is 410 g/mol. The van der Waals surface area contributed by atoms with E-state index in [1.807, 2.05) is 12.1 Å². The first-order chi connectivity index (χ1) is 13.7. The number of ether oxygens (including phenoxy) is 1. The lowest BCUT2D eigenvalue weighted by molar-refractivity contribution is 0.316. The minimum atomic E-state index is 0.285. The van der Waals surface area contributed by atoms with Crippen LogP contribution in [0, 0.1) is 0 Å². The Morgan fingerprint density at radius 1 is 1.11 bits per heavy atom. The molecular weight excluding hydrogens is 388 g/mol. The summed E-state index contributed by atoms with van der Waals surface area (Å²) in [4.78, 5) is 13.6. The largest absolute Gasteiger partial charge is 0.497 e. The number of likely N-dealkylation sites (N-methyl/N-ethyl adjacent to an activating group) is 1. The van der Waals surface area contributed by atoms with Crippen LogP contribution in [0.3, 0.4) is 0 Å². The second kappa shape index (κ2) is 8.26. The van der Waals surface area contributed by atoms with Crippen LogP contribution in [-0.4, -0.2) is 42.6 Å². The Kier molecular flexibility index (Phi) is 5.57. The van der Waals surface area contributed by atoms with Gasteiger partial charge in [0, 0.05) is 22.4 Å². The number of methoxy groups -OCH3 is 1. The van der Waals surface area contributed by atoms with Gasteiger partial charge in [-0.2, -0.15) is 0 Å². The predicted octanol–water partition coefficient (Wildman–Crippen LogP) is 5.14. The van der Waals surface area contributed by atoms with E-state index in [4.69, 9.17) is 4.74 Å². The minimum absolute atomic E-state index is 0.285. The number of benzene rings is 1. The van der Waals surface area contributed by atoms with Gasteiger partial charge >= 0.3 is 0 Å². The maximum absolute atomic E-state index is 5.28. The van der Waals surface area contributed by atoms with E-state index in [9.17, 15) is 0 Å². The predicted molar refractivity (Wildman–Crippen MR) is 119 cm³/mol. The number of fused-ring (bicyclic) bond motifs is 1. The molecule has 0 unspecified atom stereocenters. The summed E-state index contributed by atoms with van der Waals surface area (Å²) in [5.74, 6) is 1.73. The van der Waals surface area contributed by atoms with Gasteiger partial charge in [-0.15, -0.1) is 22.7 Å². The summed E-state index contributed by atoms with van der Waals surface area (Å²) in [5, 5.41) is 8.91. The van der Waals surface area contributed by atoms with Crippen molar-refractivity contribution in [3.8, 4) is 16.9 Å². The van der Waals surface area contributed by atoms with Crippen LogP contribution in [0.5, 0.6) is 5.75 Å². The third kappa shape index (κ3) is 3.73. The molecule has 7 heteroatoms. The van der Waals surface area contributed by atoms with Gasteiger partial charge in [0.2, 0.25) is 0 Å². The second-order valence-electron chi connectivity index (χ2n) is 6.66. The van der Waals surface area contributed by atoms with Gasteiger partial charge in [-0.3, -0.25) is 0 Å². The molecule has 28 heavy (non-hydrogen) atoms. The van der Waals surface area contributed by atoms with Crippen LogP contribution in [0.2, 0.25) is 0 Å². The SMILES string of the molecule is COc1ccc(-c2csc3ncnc(NC[C@H](c4cccs4)N(C)C)c23)cc1. The molecule has 0 saturated heterocycles. The number of nitrogens with one attached hydrogen (secondary N) is 1. The minimum Gasteiger partial charge on any atom is -0.497 e. The first-order valence-corrected chi connectivity index (χ1v) is 10.7. The van der Waals surface area contributed by atoms with Crippen molar-refractivity contribution >= 4 is 38.7 Å². The number of anilines is 1. The van der Waals surface area contributed by atoms with Crippen LogP contribution < -0.4 is 10.1 Å². The molecule has 0 saturated carbocycles. The van der Waals surface area contributed by atoms with Crippen molar-refractivity contribution < 1.29 is 4.74 Å². The van der Waals surface area contributed by atoms with E-state index < -0.39 is 0 Å². The third-order valence-electron chi connectivity index (χ3n) is 4.73. The molecule has 0 aliphatic heterocycles. The fourth-order valence-electron chi connectivity index (χ4n) is 3.20. The number of aromatic nitrogens is 2. The Morgan fingerprint density at radius 3 is 2.61 bits per heavy atom. The Bertz CT molecular complexity index is 1040. The summed E-state index contributed by atoms with van der Waals surface area (Å²) in [6, 6.07) is 12.7. The highest BCUT2D eigenvalue weighted by molar-refractivity contribution is 7.17. The average molecular weight is 411 g/mol. The third-order valence-corrected chi connectivity index (χ3v) is 6.59. The smallest absolute Gasteiger partial charge is 0.138 e. The van der Waals surface area contributed by atoms with Gasteiger partial charge in [0.05, 0.1) is 18.5 Å². The van der Waals surface area contributed by atoms with E-state index >= 15 is 0 Å². The van der Waals surface area contributed by atoms with Crippen molar-refractivity contribution in [1.82, 2.24) is 14.9 Å². The lowest BCUT2D eigenvalue weighted by Crippen LogP contribution is -2.26. The van der Waals surface area contributed by atoms with Gasteiger partial charge in [0.25, 0.3) is 0 Å². The molecule has 144 valence electrons. The first-order valence-electron chi connectivity index (χ1n) is 8.97. The Morgan fingerprint density at radius 2 is 1.93 bits per heavy atom. The van der Waals surface area contributed by atoms with Crippen molar-refractivity contribution in [2.75, 3.05) is 33.1 Å². The molecule has 1 N–H and O–H groups in total. The highest BCUT2D eigenvalue weighted by Crippen LogP contribution is 2.37. The molecule has 4 aromatic rings. The number of nitrogens with zero attached hydrogens (tertiary/aromatic N) is 3. The Hall–Kier alpha value is -2.48. The van der Waals surface area contributed by atoms with Crippen LogP contribution in [-0.2, 0) is 0 Å². The van der Waals surface area contributed by atoms with Gasteiger partial charge in [-0.25, -0.2) is 9.97 Å². The molecule has 0 spiro atoms. The highest BCUT2D eigenvalue weighted by Gasteiger charge is 2.18. The van der Waals surface area contributed by atoms with E-state index in [-0.39, 0.29) is 6.04 Å². The van der Waals surface area contributed by atoms with Crippen molar-refractivity contribution in [2.45, 2.75) is 6.04 Å². The van der Waals surface area contributed by atoms with Crippen LogP contribution in [0.1, 0.15) is 10.9 Å². The molecule has 0 amide bonds. The topological polar surface area (TPSA) is 50.3 Å².